The standard InChI is InChI=1S/C9H15NO2S/c1-6(2)4-5-7-8(11)10(3)9(12)13-7/h6-7H,4-5H2,1-3H3/t7-/m0/s1. The number of carbonyl (C=O) groups is 2. The number of hydrogen-bond acceptors (Lipinski definition) is 3. The summed E-state index contributed by atoms with van der Waals surface area (Å²) in [5, 5.41) is -0.237. The van der Waals surface area contributed by atoms with Gasteiger partial charge in [0.15, 0.2) is 0 Å². The highest BCUT2D eigenvalue weighted by Crippen LogP contribution is 2.29. The lowest BCUT2D eigenvalue weighted by atomic mass is 10.1. The predicted molar refractivity (Wildman–Crippen MR) is 53.6 cm³/mol. The van der Waals surface area contributed by atoms with E-state index in [9.17, 15) is 9.59 Å². The minimum atomic E-state index is -0.125. The van der Waals surface area contributed by atoms with Gasteiger partial charge in [0.2, 0.25) is 5.91 Å². The zero-order valence-electron chi connectivity index (χ0n) is 8.24. The summed E-state index contributed by atoms with van der Waals surface area (Å²) in [6.07, 6.45) is 1.82. The molecule has 0 aromatic carbocycles. The van der Waals surface area contributed by atoms with Crippen LogP contribution < -0.4 is 0 Å². The molecule has 13 heavy (non-hydrogen) atoms. The van der Waals surface area contributed by atoms with E-state index in [2.05, 4.69) is 13.8 Å². The van der Waals surface area contributed by atoms with E-state index in [1.165, 1.54) is 4.90 Å². The molecule has 0 aliphatic carbocycles. The molecule has 0 N–H and O–H groups in total. The topological polar surface area (TPSA) is 37.4 Å². The Balaban J connectivity index is 2.45. The van der Waals surface area contributed by atoms with Crippen molar-refractivity contribution in [2.24, 2.45) is 5.92 Å². The van der Waals surface area contributed by atoms with Crippen molar-refractivity contribution in [2.75, 3.05) is 7.05 Å². The summed E-state index contributed by atoms with van der Waals surface area (Å²) in [5.74, 6) is 0.560. The Kier molecular flexibility index (Phi) is 3.36. The van der Waals surface area contributed by atoms with Gasteiger partial charge in [0.05, 0.1) is 5.25 Å². The van der Waals surface area contributed by atoms with Crippen molar-refractivity contribution in [1.29, 1.82) is 0 Å². The molecular weight excluding hydrogens is 186 g/mol. The van der Waals surface area contributed by atoms with Crippen molar-refractivity contribution in [3.8, 4) is 0 Å². The van der Waals surface area contributed by atoms with E-state index in [0.717, 1.165) is 24.6 Å². The van der Waals surface area contributed by atoms with E-state index < -0.39 is 0 Å². The van der Waals surface area contributed by atoms with Crippen LogP contribution in [0.4, 0.5) is 4.79 Å². The van der Waals surface area contributed by atoms with E-state index in [1.807, 2.05) is 0 Å². The molecule has 0 bridgehead atoms. The van der Waals surface area contributed by atoms with Gasteiger partial charge in [0.25, 0.3) is 5.24 Å². The third-order valence-corrected chi connectivity index (χ3v) is 3.33. The molecule has 0 aromatic rings. The van der Waals surface area contributed by atoms with E-state index in [-0.39, 0.29) is 16.4 Å². The number of amides is 2. The van der Waals surface area contributed by atoms with Crippen LogP contribution in [0.3, 0.4) is 0 Å². The number of nitrogens with zero attached hydrogens (tertiary/aromatic N) is 1. The van der Waals surface area contributed by atoms with Crippen LogP contribution >= 0.6 is 11.8 Å². The third kappa shape index (κ3) is 2.46. The van der Waals surface area contributed by atoms with Crippen LogP contribution in [0, 0.1) is 5.92 Å². The molecule has 0 spiro atoms. The summed E-state index contributed by atoms with van der Waals surface area (Å²) < 4.78 is 0. The summed E-state index contributed by atoms with van der Waals surface area (Å²) in [5.41, 5.74) is 0. The normalized spacial score (nSPS) is 23.4. The fourth-order valence-corrected chi connectivity index (χ4v) is 2.23. The van der Waals surface area contributed by atoms with Gasteiger partial charge in [-0.1, -0.05) is 25.6 Å². The maximum Gasteiger partial charge on any atom is 0.288 e. The van der Waals surface area contributed by atoms with Gasteiger partial charge in [-0.3, -0.25) is 14.5 Å². The van der Waals surface area contributed by atoms with Gasteiger partial charge < -0.3 is 0 Å². The van der Waals surface area contributed by atoms with Crippen molar-refractivity contribution in [3.63, 3.8) is 0 Å². The van der Waals surface area contributed by atoms with Gasteiger partial charge in [0, 0.05) is 7.05 Å². The average molecular weight is 201 g/mol. The van der Waals surface area contributed by atoms with Crippen LogP contribution in [0.5, 0.6) is 0 Å². The lowest BCUT2D eigenvalue weighted by molar-refractivity contribution is -0.125. The number of thioether (sulfide) groups is 1. The first kappa shape index (κ1) is 10.6. The summed E-state index contributed by atoms with van der Waals surface area (Å²) in [6, 6.07) is 0. The molecule has 0 aromatic heterocycles. The second-order valence-corrected chi connectivity index (χ2v) is 4.89. The molecule has 1 fully saturated rings. The van der Waals surface area contributed by atoms with Gasteiger partial charge in [-0.25, -0.2) is 0 Å². The van der Waals surface area contributed by atoms with Crippen LogP contribution in [0.25, 0.3) is 0 Å². The molecule has 3 nitrogen and oxygen atoms in total. The summed E-state index contributed by atoms with van der Waals surface area (Å²) in [6.45, 7) is 4.24. The lowest BCUT2D eigenvalue weighted by Crippen LogP contribution is -2.27. The van der Waals surface area contributed by atoms with Crippen molar-refractivity contribution >= 4 is 22.9 Å². The number of imide groups is 1. The Morgan fingerprint density at radius 3 is 2.46 bits per heavy atom. The first-order valence-electron chi connectivity index (χ1n) is 4.50. The minimum absolute atomic E-state index is 0.0318. The Hall–Kier alpha value is -0.510. The molecule has 74 valence electrons. The second kappa shape index (κ2) is 4.13. The monoisotopic (exact) mass is 201 g/mol. The molecule has 0 radical (unpaired) electrons. The molecule has 2 amide bonds. The molecule has 4 heteroatoms. The van der Waals surface area contributed by atoms with E-state index in [0.29, 0.717) is 5.92 Å². The van der Waals surface area contributed by atoms with Crippen molar-refractivity contribution in [3.05, 3.63) is 0 Å². The molecular formula is C9H15NO2S. The summed E-state index contributed by atoms with van der Waals surface area (Å²) in [4.78, 5) is 23.7. The molecule has 1 atom stereocenters. The maximum absolute atomic E-state index is 11.4. The fraction of sp³-hybridized carbons (Fsp3) is 0.778. The SMILES string of the molecule is CC(C)CC[C@@H]1SC(=O)N(C)C1=O. The molecule has 0 saturated carbocycles. The smallest absolute Gasteiger partial charge is 0.275 e. The highest BCUT2D eigenvalue weighted by atomic mass is 32.2. The van der Waals surface area contributed by atoms with E-state index >= 15 is 0 Å². The summed E-state index contributed by atoms with van der Waals surface area (Å²) in [7, 11) is 1.55. The van der Waals surface area contributed by atoms with Gasteiger partial charge >= 0.3 is 0 Å². The zero-order chi connectivity index (χ0) is 10.0. The minimum Gasteiger partial charge on any atom is -0.275 e. The molecule has 1 rings (SSSR count). The van der Waals surface area contributed by atoms with Gasteiger partial charge in [0.1, 0.15) is 0 Å². The molecule has 1 aliphatic rings. The van der Waals surface area contributed by atoms with Crippen LogP contribution in [0.15, 0.2) is 0 Å². The van der Waals surface area contributed by atoms with Crippen LogP contribution in [-0.2, 0) is 4.79 Å². The van der Waals surface area contributed by atoms with Crippen molar-refractivity contribution < 1.29 is 9.59 Å². The molecule has 1 saturated heterocycles. The Morgan fingerprint density at radius 1 is 1.46 bits per heavy atom. The van der Waals surface area contributed by atoms with Crippen molar-refractivity contribution in [2.45, 2.75) is 31.9 Å². The Morgan fingerprint density at radius 2 is 2.08 bits per heavy atom. The largest absolute Gasteiger partial charge is 0.288 e. The third-order valence-electron chi connectivity index (χ3n) is 2.13. The van der Waals surface area contributed by atoms with Crippen LogP contribution in [0.2, 0.25) is 0 Å². The number of rotatable bonds is 3. The highest BCUT2D eigenvalue weighted by Gasteiger charge is 2.36. The lowest BCUT2D eigenvalue weighted by Gasteiger charge is -2.08. The summed E-state index contributed by atoms with van der Waals surface area (Å²) >= 11 is 1.16. The molecule has 0 unspecified atom stereocenters. The second-order valence-electron chi connectivity index (χ2n) is 3.74. The average Bonchev–Trinajstić information content (AvgIpc) is 2.29. The Labute approximate surface area is 82.9 Å². The van der Waals surface area contributed by atoms with E-state index in [1.54, 1.807) is 7.05 Å². The predicted octanol–water partition coefficient (Wildman–Crippen LogP) is 2.12. The van der Waals surface area contributed by atoms with Crippen LogP contribution in [-0.4, -0.2) is 28.3 Å². The zero-order valence-corrected chi connectivity index (χ0v) is 9.06. The maximum atomic E-state index is 11.4. The van der Waals surface area contributed by atoms with Crippen LogP contribution in [0.1, 0.15) is 26.7 Å². The fourth-order valence-electron chi connectivity index (χ4n) is 1.22. The Bertz CT molecular complexity index is 228. The molecule has 1 aliphatic heterocycles. The van der Waals surface area contributed by atoms with Crippen molar-refractivity contribution in [1.82, 2.24) is 4.90 Å². The first-order chi connectivity index (χ1) is 6.02. The first-order valence-corrected chi connectivity index (χ1v) is 5.38. The van der Waals surface area contributed by atoms with Gasteiger partial charge in [-0.2, -0.15) is 0 Å². The number of hydrogen-bond donors (Lipinski definition) is 0. The van der Waals surface area contributed by atoms with Gasteiger partial charge in [-0.05, 0) is 18.8 Å². The molecule has 1 heterocycles. The quantitative estimate of drug-likeness (QED) is 0.702. The number of carbonyl (C=O) groups excluding carboxylic acids is 2. The van der Waals surface area contributed by atoms with E-state index in [4.69, 9.17) is 0 Å². The highest BCUT2D eigenvalue weighted by molar-refractivity contribution is 8.15. The van der Waals surface area contributed by atoms with Gasteiger partial charge in [-0.15, -0.1) is 0 Å².